The van der Waals surface area contributed by atoms with E-state index >= 15 is 0 Å². The molecule has 144 valence electrons. The molecule has 2 N–H and O–H groups in total. The van der Waals surface area contributed by atoms with E-state index < -0.39 is 17.2 Å². The topological polar surface area (TPSA) is 96.6 Å². The third-order valence-electron chi connectivity index (χ3n) is 4.46. The SMILES string of the molecule is Cc1cc(C(=O)Nc2cc3oc(=O)c(C(=O)O)cc3s2)ccc1-c1ccccc1. The molecule has 2 aromatic heterocycles. The summed E-state index contributed by atoms with van der Waals surface area (Å²) in [5.41, 5.74) is 2.45. The first-order chi connectivity index (χ1) is 13.9. The minimum atomic E-state index is -1.35. The summed E-state index contributed by atoms with van der Waals surface area (Å²) in [7, 11) is 0. The lowest BCUT2D eigenvalue weighted by molar-refractivity contribution is 0.0692. The minimum Gasteiger partial charge on any atom is -0.477 e. The van der Waals surface area contributed by atoms with Crippen LogP contribution < -0.4 is 10.9 Å². The van der Waals surface area contributed by atoms with Crippen LogP contribution in [0.3, 0.4) is 0 Å². The molecule has 2 heterocycles. The van der Waals surface area contributed by atoms with Gasteiger partial charge in [-0.15, -0.1) is 11.3 Å². The summed E-state index contributed by atoms with van der Waals surface area (Å²) >= 11 is 1.14. The number of carboxylic acids is 1. The number of carboxylic acid groups (broad SMARTS) is 1. The van der Waals surface area contributed by atoms with E-state index in [0.717, 1.165) is 28.0 Å². The maximum Gasteiger partial charge on any atom is 0.351 e. The maximum atomic E-state index is 12.6. The van der Waals surface area contributed by atoms with Crippen LogP contribution in [0.4, 0.5) is 5.00 Å². The molecule has 0 bridgehead atoms. The average molecular weight is 405 g/mol. The summed E-state index contributed by atoms with van der Waals surface area (Å²) < 4.78 is 5.49. The van der Waals surface area contributed by atoms with Crippen molar-refractivity contribution in [3.05, 3.63) is 87.8 Å². The molecule has 0 saturated heterocycles. The van der Waals surface area contributed by atoms with Crippen LogP contribution in [0.5, 0.6) is 0 Å². The number of rotatable bonds is 4. The van der Waals surface area contributed by atoms with Crippen molar-refractivity contribution in [1.82, 2.24) is 0 Å². The average Bonchev–Trinajstić information content (AvgIpc) is 3.08. The first kappa shape index (κ1) is 18.6. The van der Waals surface area contributed by atoms with E-state index in [2.05, 4.69) is 5.32 Å². The van der Waals surface area contributed by atoms with Crippen LogP contribution in [0.1, 0.15) is 26.3 Å². The smallest absolute Gasteiger partial charge is 0.351 e. The summed E-state index contributed by atoms with van der Waals surface area (Å²) in [6.07, 6.45) is 0. The molecule has 6 nitrogen and oxygen atoms in total. The number of hydrogen-bond donors (Lipinski definition) is 2. The maximum absolute atomic E-state index is 12.6. The van der Waals surface area contributed by atoms with Crippen molar-refractivity contribution in [2.24, 2.45) is 0 Å². The van der Waals surface area contributed by atoms with E-state index in [1.54, 1.807) is 6.07 Å². The summed E-state index contributed by atoms with van der Waals surface area (Å²) in [5, 5.41) is 12.3. The number of fused-ring (bicyclic) bond motifs is 1. The highest BCUT2D eigenvalue weighted by Crippen LogP contribution is 2.30. The van der Waals surface area contributed by atoms with Gasteiger partial charge in [-0.05, 0) is 41.8 Å². The largest absolute Gasteiger partial charge is 0.477 e. The quantitative estimate of drug-likeness (QED) is 0.509. The highest BCUT2D eigenvalue weighted by Gasteiger charge is 2.16. The molecule has 0 aliphatic rings. The van der Waals surface area contributed by atoms with E-state index in [4.69, 9.17) is 9.52 Å². The summed E-state index contributed by atoms with van der Waals surface area (Å²) in [6, 6.07) is 18.1. The number of carbonyl (C=O) groups excluding carboxylic acids is 1. The van der Waals surface area contributed by atoms with Gasteiger partial charge in [0.2, 0.25) is 0 Å². The highest BCUT2D eigenvalue weighted by atomic mass is 32.1. The molecule has 0 unspecified atom stereocenters. The molecule has 0 atom stereocenters. The first-order valence-corrected chi connectivity index (χ1v) is 9.52. The van der Waals surface area contributed by atoms with Gasteiger partial charge in [-0.2, -0.15) is 0 Å². The van der Waals surface area contributed by atoms with Crippen LogP contribution in [0, 0.1) is 6.92 Å². The lowest BCUT2D eigenvalue weighted by Gasteiger charge is -2.09. The van der Waals surface area contributed by atoms with E-state index in [1.165, 1.54) is 12.1 Å². The minimum absolute atomic E-state index is 0.232. The molecule has 7 heteroatoms. The predicted molar refractivity (Wildman–Crippen MR) is 112 cm³/mol. The predicted octanol–water partition coefficient (Wildman–Crippen LogP) is 4.78. The van der Waals surface area contributed by atoms with E-state index in [-0.39, 0.29) is 11.5 Å². The summed E-state index contributed by atoms with van der Waals surface area (Å²) in [5.74, 6) is -1.66. The van der Waals surface area contributed by atoms with Crippen molar-refractivity contribution in [3.8, 4) is 11.1 Å². The zero-order valence-electron chi connectivity index (χ0n) is 15.3. The second-order valence-corrected chi connectivity index (χ2v) is 7.53. The Kier molecular flexibility index (Phi) is 4.74. The van der Waals surface area contributed by atoms with Crippen LogP contribution in [0.25, 0.3) is 21.4 Å². The molecule has 4 aromatic rings. The highest BCUT2D eigenvalue weighted by molar-refractivity contribution is 7.22. The monoisotopic (exact) mass is 405 g/mol. The zero-order valence-corrected chi connectivity index (χ0v) is 16.1. The Morgan fingerprint density at radius 1 is 1.03 bits per heavy atom. The summed E-state index contributed by atoms with van der Waals surface area (Å²) in [6.45, 7) is 1.95. The van der Waals surface area contributed by atoms with Crippen LogP contribution >= 0.6 is 11.3 Å². The van der Waals surface area contributed by atoms with E-state index in [1.807, 2.05) is 49.4 Å². The van der Waals surface area contributed by atoms with E-state index in [9.17, 15) is 14.4 Å². The fourth-order valence-corrected chi connectivity index (χ4v) is 3.98. The number of amides is 1. The van der Waals surface area contributed by atoms with Crippen molar-refractivity contribution in [1.29, 1.82) is 0 Å². The number of hydrogen-bond acceptors (Lipinski definition) is 5. The lowest BCUT2D eigenvalue weighted by Crippen LogP contribution is -2.12. The molecule has 0 radical (unpaired) electrons. The molecule has 0 spiro atoms. The third kappa shape index (κ3) is 3.68. The molecule has 0 saturated carbocycles. The second kappa shape index (κ2) is 7.37. The van der Waals surface area contributed by atoms with Crippen molar-refractivity contribution in [3.63, 3.8) is 0 Å². The van der Waals surface area contributed by atoms with Gasteiger partial charge in [0.1, 0.15) is 5.56 Å². The molecule has 0 aliphatic carbocycles. The van der Waals surface area contributed by atoms with Gasteiger partial charge in [-0.1, -0.05) is 36.4 Å². The number of aryl methyl sites for hydroxylation is 1. The van der Waals surface area contributed by atoms with Crippen molar-refractivity contribution in [2.45, 2.75) is 6.92 Å². The Labute approximate surface area is 169 Å². The summed E-state index contributed by atoms with van der Waals surface area (Å²) in [4.78, 5) is 35.4. The van der Waals surface area contributed by atoms with Gasteiger partial charge in [0.15, 0.2) is 5.58 Å². The lowest BCUT2D eigenvalue weighted by atomic mass is 9.98. The number of anilines is 1. The Morgan fingerprint density at radius 3 is 2.48 bits per heavy atom. The van der Waals surface area contributed by atoms with Crippen LogP contribution in [-0.4, -0.2) is 17.0 Å². The van der Waals surface area contributed by atoms with Crippen molar-refractivity contribution >= 4 is 38.5 Å². The van der Waals surface area contributed by atoms with Crippen LogP contribution in [0.15, 0.2) is 69.9 Å². The van der Waals surface area contributed by atoms with Gasteiger partial charge in [0.25, 0.3) is 5.91 Å². The molecule has 4 rings (SSSR count). The molecule has 1 amide bonds. The first-order valence-electron chi connectivity index (χ1n) is 8.71. The number of thiophene rings is 1. The van der Waals surface area contributed by atoms with Crippen LogP contribution in [-0.2, 0) is 0 Å². The molecule has 2 aromatic carbocycles. The number of benzene rings is 2. The van der Waals surface area contributed by atoms with E-state index in [0.29, 0.717) is 15.3 Å². The Balaban J connectivity index is 1.60. The molecule has 0 fully saturated rings. The van der Waals surface area contributed by atoms with Gasteiger partial charge in [-0.25, -0.2) is 9.59 Å². The molecular weight excluding hydrogens is 390 g/mol. The fourth-order valence-electron chi connectivity index (χ4n) is 3.05. The van der Waals surface area contributed by atoms with Crippen LogP contribution in [0.2, 0.25) is 0 Å². The molecule has 29 heavy (non-hydrogen) atoms. The normalized spacial score (nSPS) is 10.8. The molecular formula is C22H15NO5S. The Morgan fingerprint density at radius 2 is 1.79 bits per heavy atom. The Hall–Kier alpha value is -3.71. The van der Waals surface area contributed by atoms with Gasteiger partial charge >= 0.3 is 11.6 Å². The zero-order chi connectivity index (χ0) is 20.5. The molecule has 0 aliphatic heterocycles. The third-order valence-corrected chi connectivity index (χ3v) is 5.44. The fraction of sp³-hybridized carbons (Fsp3) is 0.0455. The standard InChI is InChI=1S/C22H15NO5S/c1-12-9-14(7-8-15(12)13-5-3-2-4-6-13)20(24)23-19-11-17-18(29-19)10-16(21(25)26)22(27)28-17/h2-11H,1H3,(H,23,24)(H,25,26). The van der Waals surface area contributed by atoms with Gasteiger partial charge in [0.05, 0.1) is 9.70 Å². The number of aromatic carboxylic acids is 1. The second-order valence-electron chi connectivity index (χ2n) is 6.44. The number of nitrogens with one attached hydrogen (secondary N) is 1. The van der Waals surface area contributed by atoms with Gasteiger partial charge in [0, 0.05) is 11.6 Å². The van der Waals surface area contributed by atoms with Gasteiger partial charge in [-0.3, -0.25) is 4.79 Å². The Bertz CT molecular complexity index is 1300. The van der Waals surface area contributed by atoms with Gasteiger partial charge < -0.3 is 14.8 Å². The van der Waals surface area contributed by atoms with Crippen molar-refractivity contribution in [2.75, 3.05) is 5.32 Å². The number of carbonyl (C=O) groups is 2. The van der Waals surface area contributed by atoms with Crippen molar-refractivity contribution < 1.29 is 19.1 Å².